The van der Waals surface area contributed by atoms with E-state index in [2.05, 4.69) is 27.0 Å². The van der Waals surface area contributed by atoms with Gasteiger partial charge in [-0.15, -0.1) is 0 Å². The number of aryl methyl sites for hydroxylation is 1. The van der Waals surface area contributed by atoms with Gasteiger partial charge in [-0.25, -0.2) is 9.97 Å². The second-order valence-electron chi connectivity index (χ2n) is 4.89. The summed E-state index contributed by atoms with van der Waals surface area (Å²) in [6.45, 7) is 5.91. The largest absolute Gasteiger partial charge is 0.303 e. The molecule has 1 saturated carbocycles. The van der Waals surface area contributed by atoms with Crippen molar-refractivity contribution < 1.29 is 0 Å². The first kappa shape index (κ1) is 10.6. The van der Waals surface area contributed by atoms with Crippen LogP contribution in [0.3, 0.4) is 0 Å². The van der Waals surface area contributed by atoms with Crippen molar-refractivity contribution in [3.8, 4) is 0 Å². The van der Waals surface area contributed by atoms with Gasteiger partial charge in [-0.1, -0.05) is 25.8 Å². The van der Waals surface area contributed by atoms with Crippen molar-refractivity contribution in [3.63, 3.8) is 0 Å². The molecule has 0 amide bonds. The molecule has 1 aliphatic heterocycles. The Balaban J connectivity index is 1.97. The van der Waals surface area contributed by atoms with Crippen LogP contribution in [0.1, 0.15) is 37.9 Å². The highest BCUT2D eigenvalue weighted by molar-refractivity contribution is 5.52. The maximum absolute atomic E-state index is 4.55. The summed E-state index contributed by atoms with van der Waals surface area (Å²) >= 11 is 0. The molecule has 90 valence electrons. The summed E-state index contributed by atoms with van der Waals surface area (Å²) in [5.74, 6) is 1.81. The van der Waals surface area contributed by atoms with E-state index in [4.69, 9.17) is 0 Å². The number of aromatic nitrogens is 2. The number of hydrogen-bond donors (Lipinski definition) is 1. The minimum Gasteiger partial charge on any atom is -0.303 e. The van der Waals surface area contributed by atoms with E-state index in [1.54, 1.807) is 0 Å². The Kier molecular flexibility index (Phi) is 2.50. The topological polar surface area (TPSA) is 41.1 Å². The van der Waals surface area contributed by atoms with Crippen molar-refractivity contribution in [2.45, 2.75) is 45.1 Å². The quantitative estimate of drug-likeness (QED) is 0.766. The summed E-state index contributed by atoms with van der Waals surface area (Å²) < 4.78 is 0. The van der Waals surface area contributed by atoms with Gasteiger partial charge in [0.25, 0.3) is 0 Å². The van der Waals surface area contributed by atoms with Crippen LogP contribution >= 0.6 is 0 Å². The molecule has 4 nitrogen and oxygen atoms in total. The van der Waals surface area contributed by atoms with E-state index in [0.29, 0.717) is 6.04 Å². The minimum atomic E-state index is 0.565. The van der Waals surface area contributed by atoms with Crippen LogP contribution in [0.2, 0.25) is 0 Å². The van der Waals surface area contributed by atoms with Gasteiger partial charge >= 0.3 is 0 Å². The summed E-state index contributed by atoms with van der Waals surface area (Å²) in [6, 6.07) is 0.565. The molecule has 3 rings (SSSR count). The van der Waals surface area contributed by atoms with Crippen LogP contribution < -0.4 is 21.0 Å². The fourth-order valence-electron chi connectivity index (χ4n) is 2.77. The number of hydrazine groups is 1. The lowest BCUT2D eigenvalue weighted by Gasteiger charge is -2.32. The first-order chi connectivity index (χ1) is 8.25. The van der Waals surface area contributed by atoms with E-state index in [-0.39, 0.29) is 0 Å². The zero-order chi connectivity index (χ0) is 11.8. The van der Waals surface area contributed by atoms with Gasteiger partial charge in [0.15, 0.2) is 5.82 Å². The highest BCUT2D eigenvalue weighted by Crippen LogP contribution is 2.24. The highest BCUT2D eigenvalue weighted by Gasteiger charge is 2.25. The minimum absolute atomic E-state index is 0.565. The Labute approximate surface area is 101 Å². The zero-order valence-corrected chi connectivity index (χ0v) is 10.2. The summed E-state index contributed by atoms with van der Waals surface area (Å²) in [5.41, 5.74) is 3.33. The molecule has 1 aliphatic carbocycles. The molecule has 4 heteroatoms. The molecule has 1 aromatic heterocycles. The molecule has 0 unspecified atom stereocenters. The van der Waals surface area contributed by atoms with Crippen LogP contribution in [0.4, 0.5) is 5.82 Å². The first-order valence-corrected chi connectivity index (χ1v) is 6.35. The van der Waals surface area contributed by atoms with Gasteiger partial charge in [-0.05, 0) is 19.8 Å². The number of nitrogens with zero attached hydrogens (tertiary/aromatic N) is 3. The van der Waals surface area contributed by atoms with Gasteiger partial charge in [0.2, 0.25) is 0 Å². The Morgan fingerprint density at radius 2 is 2.06 bits per heavy atom. The maximum atomic E-state index is 4.55. The first-order valence-electron chi connectivity index (χ1n) is 6.35. The van der Waals surface area contributed by atoms with Crippen molar-refractivity contribution in [1.29, 1.82) is 0 Å². The highest BCUT2D eigenvalue weighted by atomic mass is 15.5. The van der Waals surface area contributed by atoms with E-state index in [0.717, 1.165) is 22.2 Å². The van der Waals surface area contributed by atoms with Gasteiger partial charge in [0, 0.05) is 6.20 Å². The lowest BCUT2D eigenvalue weighted by Crippen LogP contribution is -2.43. The van der Waals surface area contributed by atoms with Crippen molar-refractivity contribution in [3.05, 3.63) is 16.4 Å². The van der Waals surface area contributed by atoms with E-state index in [9.17, 15) is 0 Å². The Morgan fingerprint density at radius 3 is 2.82 bits per heavy atom. The van der Waals surface area contributed by atoms with Crippen LogP contribution in [0, 0.1) is 6.92 Å². The number of anilines is 1. The van der Waals surface area contributed by atoms with Gasteiger partial charge in [-0.2, -0.15) is 0 Å². The monoisotopic (exact) mass is 230 g/mol. The van der Waals surface area contributed by atoms with E-state index in [1.165, 1.54) is 32.1 Å². The molecule has 0 aromatic carbocycles. The van der Waals surface area contributed by atoms with Gasteiger partial charge in [0.1, 0.15) is 5.82 Å². The normalized spacial score (nSPS) is 19.7. The smallest absolute Gasteiger partial charge is 0.160 e. The molecule has 0 radical (unpaired) electrons. The van der Waals surface area contributed by atoms with Gasteiger partial charge in [-0.3, -0.25) is 5.01 Å². The van der Waals surface area contributed by atoms with E-state index >= 15 is 0 Å². The number of rotatable bonds is 1. The molecule has 2 aliphatic rings. The molecular weight excluding hydrogens is 212 g/mol. The second kappa shape index (κ2) is 4.02. The molecule has 0 spiro atoms. The molecule has 1 fully saturated rings. The van der Waals surface area contributed by atoms with Crippen LogP contribution in [-0.4, -0.2) is 16.0 Å². The van der Waals surface area contributed by atoms with Crippen LogP contribution in [0.5, 0.6) is 0 Å². The molecule has 0 saturated heterocycles. The van der Waals surface area contributed by atoms with Crippen molar-refractivity contribution >= 4 is 18.6 Å². The lowest BCUT2D eigenvalue weighted by atomic mass is 9.95. The summed E-state index contributed by atoms with van der Waals surface area (Å²) in [6.07, 6.45) is 8.47. The van der Waals surface area contributed by atoms with Crippen LogP contribution in [0.25, 0.3) is 12.8 Å². The molecule has 0 atom stereocenters. The summed E-state index contributed by atoms with van der Waals surface area (Å²) in [7, 11) is 0. The van der Waals surface area contributed by atoms with Crippen LogP contribution in [0.15, 0.2) is 0 Å². The average molecular weight is 230 g/mol. The summed E-state index contributed by atoms with van der Waals surface area (Å²) in [4.78, 5) is 8.86. The van der Waals surface area contributed by atoms with Crippen molar-refractivity contribution in [2.24, 2.45) is 0 Å². The van der Waals surface area contributed by atoms with E-state index < -0.39 is 0 Å². The van der Waals surface area contributed by atoms with Crippen LogP contribution in [-0.2, 0) is 0 Å². The fourth-order valence-corrected chi connectivity index (χ4v) is 2.77. The molecule has 2 heterocycles. The predicted molar refractivity (Wildman–Crippen MR) is 68.5 cm³/mol. The zero-order valence-electron chi connectivity index (χ0n) is 10.2. The third kappa shape index (κ3) is 1.77. The number of nitrogens with one attached hydrogen (secondary N) is 1. The van der Waals surface area contributed by atoms with E-state index in [1.807, 2.05) is 13.1 Å². The molecule has 1 aromatic rings. The number of hydrogen-bond acceptors (Lipinski definition) is 4. The molecule has 1 N–H and O–H groups in total. The molecule has 0 bridgehead atoms. The second-order valence-corrected chi connectivity index (χ2v) is 4.89. The average Bonchev–Trinajstić information content (AvgIpc) is 2.74. The van der Waals surface area contributed by atoms with Crippen molar-refractivity contribution in [1.82, 2.24) is 15.4 Å². The van der Waals surface area contributed by atoms with Crippen molar-refractivity contribution in [2.75, 3.05) is 5.01 Å². The standard InChI is InChI=1S/C13H18N4/c1-9-12-8-14-17(11-6-4-3-5-7-11)13(12)16-10(2)15-9/h8,11,14H,1,3-7H2,2H3. The third-order valence-corrected chi connectivity index (χ3v) is 3.63. The number of fused-ring (bicyclic) bond motifs is 1. The van der Waals surface area contributed by atoms with Gasteiger partial charge in [0.05, 0.1) is 16.6 Å². The lowest BCUT2D eigenvalue weighted by molar-refractivity contribution is 0.405. The maximum Gasteiger partial charge on any atom is 0.160 e. The fraction of sp³-hybridized carbons (Fsp3) is 0.538. The summed E-state index contributed by atoms with van der Waals surface area (Å²) in [5, 5.41) is 4.07. The Bertz CT molecular complexity index is 531. The third-order valence-electron chi connectivity index (χ3n) is 3.63. The Hall–Kier alpha value is -1.58. The Morgan fingerprint density at radius 1 is 1.29 bits per heavy atom. The predicted octanol–water partition coefficient (Wildman–Crippen LogP) is 0.591. The SMILES string of the molecule is C=c1nc(C)nc2c1=CNN2C1CCCCC1. The molecular formula is C13H18N4. The van der Waals surface area contributed by atoms with Gasteiger partial charge < -0.3 is 5.43 Å². The molecule has 17 heavy (non-hydrogen) atoms.